The minimum atomic E-state index is 0.0830. The van der Waals surface area contributed by atoms with E-state index in [9.17, 15) is 0 Å². The van der Waals surface area contributed by atoms with Gasteiger partial charge in [-0.25, -0.2) is 0 Å². The lowest BCUT2D eigenvalue weighted by molar-refractivity contribution is 0.715. The molecule has 0 aliphatic heterocycles. The second-order valence-electron chi connectivity index (χ2n) is 5.13. The van der Waals surface area contributed by atoms with Gasteiger partial charge in [-0.05, 0) is 50.7 Å². The van der Waals surface area contributed by atoms with Gasteiger partial charge < -0.3 is 10.6 Å². The standard InChI is InChI=1S/C15H19ClN4S/c1-9-5-6-12(7-14(9)16)18-15(21)17-10(2)13-8-20(4)19-11(13)3/h5-8,10H,1-4H3,(H2,17,18,21). The Morgan fingerprint density at radius 1 is 1.38 bits per heavy atom. The molecule has 1 aromatic carbocycles. The van der Waals surface area contributed by atoms with Crippen LogP contribution in [0.5, 0.6) is 0 Å². The van der Waals surface area contributed by atoms with Crippen LogP contribution in [0.15, 0.2) is 24.4 Å². The first-order valence-corrected chi connectivity index (χ1v) is 7.49. The van der Waals surface area contributed by atoms with E-state index in [1.165, 1.54) is 0 Å². The van der Waals surface area contributed by atoms with Crippen LogP contribution in [0.1, 0.15) is 29.8 Å². The normalized spacial score (nSPS) is 12.0. The fraction of sp³-hybridized carbons (Fsp3) is 0.333. The average molecular weight is 323 g/mol. The van der Waals surface area contributed by atoms with E-state index >= 15 is 0 Å². The minimum Gasteiger partial charge on any atom is -0.356 e. The molecule has 6 heteroatoms. The third kappa shape index (κ3) is 3.95. The zero-order chi connectivity index (χ0) is 15.6. The van der Waals surface area contributed by atoms with Crippen LogP contribution in [0.2, 0.25) is 5.02 Å². The smallest absolute Gasteiger partial charge is 0.171 e. The summed E-state index contributed by atoms with van der Waals surface area (Å²) in [6, 6.07) is 5.86. The van der Waals surface area contributed by atoms with Crippen molar-refractivity contribution in [2.45, 2.75) is 26.8 Å². The topological polar surface area (TPSA) is 41.9 Å². The van der Waals surface area contributed by atoms with Crippen molar-refractivity contribution >= 4 is 34.6 Å². The zero-order valence-electron chi connectivity index (χ0n) is 12.6. The summed E-state index contributed by atoms with van der Waals surface area (Å²) in [7, 11) is 1.91. The Hall–Kier alpha value is -1.59. The monoisotopic (exact) mass is 322 g/mol. The van der Waals surface area contributed by atoms with Crippen molar-refractivity contribution in [2.75, 3.05) is 5.32 Å². The van der Waals surface area contributed by atoms with Crippen molar-refractivity contribution in [3.8, 4) is 0 Å². The molecule has 2 aromatic rings. The molecule has 2 rings (SSSR count). The summed E-state index contributed by atoms with van der Waals surface area (Å²) in [5.41, 5.74) is 4.04. The van der Waals surface area contributed by atoms with Gasteiger partial charge in [-0.15, -0.1) is 0 Å². The molecule has 1 atom stereocenters. The summed E-state index contributed by atoms with van der Waals surface area (Å²) >= 11 is 11.5. The van der Waals surface area contributed by atoms with E-state index < -0.39 is 0 Å². The molecule has 0 amide bonds. The molecule has 0 bridgehead atoms. The van der Waals surface area contributed by atoms with E-state index in [2.05, 4.69) is 22.7 Å². The van der Waals surface area contributed by atoms with Gasteiger partial charge in [0.1, 0.15) is 0 Å². The lowest BCUT2D eigenvalue weighted by Crippen LogP contribution is -2.31. The second kappa shape index (κ2) is 6.45. The molecule has 0 saturated heterocycles. The van der Waals surface area contributed by atoms with Crippen molar-refractivity contribution in [2.24, 2.45) is 7.05 Å². The Balaban J connectivity index is 2.01. The van der Waals surface area contributed by atoms with Gasteiger partial charge in [0.2, 0.25) is 0 Å². The molecular weight excluding hydrogens is 304 g/mol. The zero-order valence-corrected chi connectivity index (χ0v) is 14.1. The molecule has 1 aromatic heterocycles. The number of nitrogens with zero attached hydrogens (tertiary/aromatic N) is 2. The van der Waals surface area contributed by atoms with Crippen LogP contribution in [0.25, 0.3) is 0 Å². The van der Waals surface area contributed by atoms with E-state index in [1.54, 1.807) is 4.68 Å². The number of rotatable bonds is 3. The summed E-state index contributed by atoms with van der Waals surface area (Å²) in [4.78, 5) is 0. The SMILES string of the molecule is Cc1ccc(NC(=S)NC(C)c2cn(C)nc2C)cc1Cl. The molecule has 0 aliphatic carbocycles. The van der Waals surface area contributed by atoms with E-state index in [0.717, 1.165) is 27.5 Å². The Kier molecular flexibility index (Phi) is 4.85. The van der Waals surface area contributed by atoms with Gasteiger partial charge in [0.05, 0.1) is 11.7 Å². The maximum atomic E-state index is 6.11. The quantitative estimate of drug-likeness (QED) is 0.845. The van der Waals surface area contributed by atoms with Crippen LogP contribution in [0.3, 0.4) is 0 Å². The highest BCUT2D eigenvalue weighted by atomic mass is 35.5. The van der Waals surface area contributed by atoms with Crippen LogP contribution < -0.4 is 10.6 Å². The third-order valence-corrected chi connectivity index (χ3v) is 3.92. The lowest BCUT2D eigenvalue weighted by atomic mass is 10.1. The largest absolute Gasteiger partial charge is 0.356 e. The number of hydrogen-bond donors (Lipinski definition) is 2. The number of nitrogens with one attached hydrogen (secondary N) is 2. The van der Waals surface area contributed by atoms with Crippen LogP contribution >= 0.6 is 23.8 Å². The molecule has 0 radical (unpaired) electrons. The molecule has 0 spiro atoms. The van der Waals surface area contributed by atoms with Crippen LogP contribution in [0, 0.1) is 13.8 Å². The number of hydrogen-bond acceptors (Lipinski definition) is 2. The predicted octanol–water partition coefficient (Wildman–Crippen LogP) is 3.74. The lowest BCUT2D eigenvalue weighted by Gasteiger charge is -2.17. The van der Waals surface area contributed by atoms with E-state index in [0.29, 0.717) is 5.11 Å². The molecule has 1 unspecified atom stereocenters. The van der Waals surface area contributed by atoms with Gasteiger partial charge >= 0.3 is 0 Å². The van der Waals surface area contributed by atoms with Gasteiger partial charge in [-0.2, -0.15) is 5.10 Å². The highest BCUT2D eigenvalue weighted by Gasteiger charge is 2.12. The number of benzene rings is 1. The Bertz CT molecular complexity index is 666. The first-order valence-electron chi connectivity index (χ1n) is 6.70. The first kappa shape index (κ1) is 15.8. The van der Waals surface area contributed by atoms with Gasteiger partial charge in [0, 0.05) is 29.5 Å². The maximum Gasteiger partial charge on any atom is 0.171 e. The van der Waals surface area contributed by atoms with E-state index in [-0.39, 0.29) is 6.04 Å². The highest BCUT2D eigenvalue weighted by Crippen LogP contribution is 2.20. The molecule has 21 heavy (non-hydrogen) atoms. The Labute approximate surface area is 135 Å². The first-order chi connectivity index (χ1) is 9.86. The molecule has 112 valence electrons. The van der Waals surface area contributed by atoms with Gasteiger partial charge in [0.15, 0.2) is 5.11 Å². The summed E-state index contributed by atoms with van der Waals surface area (Å²) in [6.45, 7) is 6.01. The summed E-state index contributed by atoms with van der Waals surface area (Å²) in [5, 5.41) is 12.0. The van der Waals surface area contributed by atoms with Crippen LogP contribution in [-0.4, -0.2) is 14.9 Å². The molecule has 0 saturated carbocycles. The summed E-state index contributed by atoms with van der Waals surface area (Å²) in [6.07, 6.45) is 2.00. The van der Waals surface area contributed by atoms with Gasteiger partial charge in [0.25, 0.3) is 0 Å². The van der Waals surface area contributed by atoms with Crippen LogP contribution in [0.4, 0.5) is 5.69 Å². The maximum absolute atomic E-state index is 6.11. The summed E-state index contributed by atoms with van der Waals surface area (Å²) in [5.74, 6) is 0. The molecule has 1 heterocycles. The molecule has 0 aliphatic rings. The second-order valence-corrected chi connectivity index (χ2v) is 5.94. The average Bonchev–Trinajstić information content (AvgIpc) is 2.73. The number of halogens is 1. The fourth-order valence-corrected chi connectivity index (χ4v) is 2.63. The molecule has 0 fully saturated rings. The van der Waals surface area contributed by atoms with Crippen molar-refractivity contribution < 1.29 is 0 Å². The van der Waals surface area contributed by atoms with Crippen LogP contribution in [-0.2, 0) is 7.05 Å². The van der Waals surface area contributed by atoms with Gasteiger partial charge in [-0.1, -0.05) is 17.7 Å². The minimum absolute atomic E-state index is 0.0830. The third-order valence-electron chi connectivity index (χ3n) is 3.30. The predicted molar refractivity (Wildman–Crippen MR) is 91.9 cm³/mol. The van der Waals surface area contributed by atoms with Crippen molar-refractivity contribution in [1.82, 2.24) is 15.1 Å². The van der Waals surface area contributed by atoms with Crippen molar-refractivity contribution in [3.63, 3.8) is 0 Å². The fourth-order valence-electron chi connectivity index (χ4n) is 2.16. The Morgan fingerprint density at radius 3 is 2.67 bits per heavy atom. The highest BCUT2D eigenvalue weighted by molar-refractivity contribution is 7.80. The van der Waals surface area contributed by atoms with E-state index in [1.807, 2.05) is 45.3 Å². The number of anilines is 1. The van der Waals surface area contributed by atoms with Crippen molar-refractivity contribution in [1.29, 1.82) is 0 Å². The number of aromatic nitrogens is 2. The van der Waals surface area contributed by atoms with Gasteiger partial charge in [-0.3, -0.25) is 4.68 Å². The van der Waals surface area contributed by atoms with E-state index in [4.69, 9.17) is 23.8 Å². The molecular formula is C15H19ClN4S. The van der Waals surface area contributed by atoms with Crippen molar-refractivity contribution in [3.05, 3.63) is 46.2 Å². The molecule has 4 nitrogen and oxygen atoms in total. The number of thiocarbonyl (C=S) groups is 1. The Morgan fingerprint density at radius 2 is 2.10 bits per heavy atom. The summed E-state index contributed by atoms with van der Waals surface area (Å²) < 4.78 is 1.80. The molecule has 2 N–H and O–H groups in total. The number of aryl methyl sites for hydroxylation is 3.